The van der Waals surface area contributed by atoms with Crippen molar-refractivity contribution in [1.82, 2.24) is 5.32 Å². The van der Waals surface area contributed by atoms with E-state index in [2.05, 4.69) is 27.9 Å². The van der Waals surface area contributed by atoms with Crippen molar-refractivity contribution < 1.29 is 9.53 Å². The van der Waals surface area contributed by atoms with Crippen molar-refractivity contribution in [3.63, 3.8) is 0 Å². The Balaban J connectivity index is 1.77. The minimum Gasteiger partial charge on any atom is -0.492 e. The summed E-state index contributed by atoms with van der Waals surface area (Å²) in [7, 11) is 0. The molecule has 0 radical (unpaired) electrons. The van der Waals surface area contributed by atoms with Gasteiger partial charge >= 0.3 is 0 Å². The highest BCUT2D eigenvalue weighted by molar-refractivity contribution is 14.1. The average Bonchev–Trinajstić information content (AvgIpc) is 2.43. The van der Waals surface area contributed by atoms with Crippen LogP contribution in [0.25, 0.3) is 0 Å². The van der Waals surface area contributed by atoms with E-state index in [-0.39, 0.29) is 5.91 Å². The third kappa shape index (κ3) is 4.52. The smallest absolute Gasteiger partial charge is 0.251 e. The predicted molar refractivity (Wildman–Crippen MR) is 88.2 cm³/mol. The molecule has 0 aliphatic heterocycles. The van der Waals surface area contributed by atoms with Gasteiger partial charge in [0, 0.05) is 9.13 Å². The highest BCUT2D eigenvalue weighted by atomic mass is 127. The summed E-state index contributed by atoms with van der Waals surface area (Å²) in [6.45, 7) is 2.96. The zero-order chi connectivity index (χ0) is 14.4. The van der Waals surface area contributed by atoms with Crippen molar-refractivity contribution in [1.29, 1.82) is 0 Å². The SMILES string of the molecule is Cc1cccc(OCCNC(=O)c2cccc(I)c2)c1. The van der Waals surface area contributed by atoms with Crippen LogP contribution in [-0.2, 0) is 0 Å². The van der Waals surface area contributed by atoms with Crippen molar-refractivity contribution in [2.24, 2.45) is 0 Å². The molecule has 2 rings (SSSR count). The van der Waals surface area contributed by atoms with Gasteiger partial charge in [-0.25, -0.2) is 0 Å². The molecule has 0 aliphatic carbocycles. The maximum atomic E-state index is 11.9. The molecule has 0 atom stereocenters. The summed E-state index contributed by atoms with van der Waals surface area (Å²) in [5.74, 6) is 0.755. The molecule has 0 fully saturated rings. The van der Waals surface area contributed by atoms with Gasteiger partial charge < -0.3 is 10.1 Å². The van der Waals surface area contributed by atoms with Crippen LogP contribution in [-0.4, -0.2) is 19.1 Å². The molecule has 20 heavy (non-hydrogen) atoms. The number of ether oxygens (including phenoxy) is 1. The largest absolute Gasteiger partial charge is 0.492 e. The molecule has 0 heterocycles. The predicted octanol–water partition coefficient (Wildman–Crippen LogP) is 3.41. The highest BCUT2D eigenvalue weighted by Gasteiger charge is 2.04. The van der Waals surface area contributed by atoms with Crippen LogP contribution < -0.4 is 10.1 Å². The van der Waals surface area contributed by atoms with E-state index in [4.69, 9.17) is 4.74 Å². The first kappa shape index (κ1) is 14.8. The number of amides is 1. The van der Waals surface area contributed by atoms with E-state index < -0.39 is 0 Å². The number of rotatable bonds is 5. The van der Waals surface area contributed by atoms with E-state index in [0.717, 1.165) is 14.9 Å². The number of halogens is 1. The van der Waals surface area contributed by atoms with Crippen LogP contribution in [0.15, 0.2) is 48.5 Å². The molecule has 0 aromatic heterocycles. The lowest BCUT2D eigenvalue weighted by Gasteiger charge is -2.08. The zero-order valence-corrected chi connectivity index (χ0v) is 13.4. The van der Waals surface area contributed by atoms with Gasteiger partial charge in [0.25, 0.3) is 5.91 Å². The van der Waals surface area contributed by atoms with Gasteiger partial charge in [-0.05, 0) is 65.4 Å². The third-order valence-corrected chi connectivity index (χ3v) is 3.40. The van der Waals surface area contributed by atoms with E-state index in [1.165, 1.54) is 0 Å². The van der Waals surface area contributed by atoms with Crippen LogP contribution in [0.5, 0.6) is 5.75 Å². The second-order valence-corrected chi connectivity index (χ2v) is 5.68. The minimum absolute atomic E-state index is 0.0728. The Bertz CT molecular complexity index is 599. The summed E-state index contributed by atoms with van der Waals surface area (Å²) < 4.78 is 6.63. The molecular weight excluding hydrogens is 365 g/mol. The lowest BCUT2D eigenvalue weighted by Crippen LogP contribution is -2.28. The molecule has 0 bridgehead atoms. The first-order chi connectivity index (χ1) is 9.65. The van der Waals surface area contributed by atoms with Crippen LogP contribution in [0, 0.1) is 10.5 Å². The Morgan fingerprint density at radius 3 is 2.75 bits per heavy atom. The topological polar surface area (TPSA) is 38.3 Å². The molecule has 4 heteroatoms. The number of carbonyl (C=O) groups is 1. The molecule has 2 aromatic rings. The van der Waals surface area contributed by atoms with Gasteiger partial charge in [0.15, 0.2) is 0 Å². The molecule has 0 saturated carbocycles. The van der Waals surface area contributed by atoms with Crippen LogP contribution in [0.2, 0.25) is 0 Å². The zero-order valence-electron chi connectivity index (χ0n) is 11.2. The average molecular weight is 381 g/mol. The van der Waals surface area contributed by atoms with Crippen molar-refractivity contribution in [3.8, 4) is 5.75 Å². The normalized spacial score (nSPS) is 10.1. The number of hydrogen-bond acceptors (Lipinski definition) is 2. The van der Waals surface area contributed by atoms with E-state index in [1.807, 2.05) is 49.4 Å². The van der Waals surface area contributed by atoms with Crippen LogP contribution >= 0.6 is 22.6 Å². The Morgan fingerprint density at radius 1 is 1.20 bits per heavy atom. The first-order valence-electron chi connectivity index (χ1n) is 6.38. The van der Waals surface area contributed by atoms with Crippen molar-refractivity contribution in [3.05, 3.63) is 63.2 Å². The fraction of sp³-hybridized carbons (Fsp3) is 0.188. The number of carbonyl (C=O) groups excluding carboxylic acids is 1. The maximum Gasteiger partial charge on any atom is 0.251 e. The molecule has 1 amide bonds. The molecule has 3 nitrogen and oxygen atoms in total. The molecule has 0 spiro atoms. The minimum atomic E-state index is -0.0728. The molecular formula is C16H16INO2. The highest BCUT2D eigenvalue weighted by Crippen LogP contribution is 2.12. The van der Waals surface area contributed by atoms with Crippen molar-refractivity contribution in [2.45, 2.75) is 6.92 Å². The van der Waals surface area contributed by atoms with E-state index >= 15 is 0 Å². The summed E-state index contributed by atoms with van der Waals surface area (Å²) in [5, 5.41) is 2.84. The maximum absolute atomic E-state index is 11.9. The quantitative estimate of drug-likeness (QED) is 0.637. The van der Waals surface area contributed by atoms with Crippen molar-refractivity contribution in [2.75, 3.05) is 13.2 Å². The fourth-order valence-corrected chi connectivity index (χ4v) is 2.31. The first-order valence-corrected chi connectivity index (χ1v) is 7.46. The summed E-state index contributed by atoms with van der Waals surface area (Å²) >= 11 is 2.19. The van der Waals surface area contributed by atoms with E-state index in [9.17, 15) is 4.79 Å². The van der Waals surface area contributed by atoms with Crippen LogP contribution in [0.3, 0.4) is 0 Å². The van der Waals surface area contributed by atoms with Gasteiger partial charge in [-0.2, -0.15) is 0 Å². The lowest BCUT2D eigenvalue weighted by atomic mass is 10.2. The van der Waals surface area contributed by atoms with Crippen LogP contribution in [0.4, 0.5) is 0 Å². The van der Waals surface area contributed by atoms with Gasteiger partial charge in [-0.3, -0.25) is 4.79 Å². The summed E-state index contributed by atoms with van der Waals surface area (Å²) in [5.41, 5.74) is 1.83. The molecule has 2 aromatic carbocycles. The summed E-state index contributed by atoms with van der Waals surface area (Å²) in [4.78, 5) is 11.9. The fourth-order valence-electron chi connectivity index (χ4n) is 1.77. The van der Waals surface area contributed by atoms with Gasteiger partial charge in [0.1, 0.15) is 12.4 Å². The van der Waals surface area contributed by atoms with E-state index in [0.29, 0.717) is 18.7 Å². The summed E-state index contributed by atoms with van der Waals surface area (Å²) in [6.07, 6.45) is 0. The second kappa shape index (κ2) is 7.28. The summed E-state index contributed by atoms with van der Waals surface area (Å²) in [6, 6.07) is 15.4. The molecule has 0 unspecified atom stereocenters. The second-order valence-electron chi connectivity index (χ2n) is 4.43. The number of benzene rings is 2. The Labute approximate surface area is 132 Å². The number of hydrogen-bond donors (Lipinski definition) is 1. The monoisotopic (exact) mass is 381 g/mol. The standard InChI is InChI=1S/C16H16INO2/c1-12-4-2-7-15(10-12)20-9-8-18-16(19)13-5-3-6-14(17)11-13/h2-7,10-11H,8-9H2,1H3,(H,18,19). The van der Waals surface area contributed by atoms with Gasteiger partial charge in [-0.15, -0.1) is 0 Å². The molecule has 104 valence electrons. The third-order valence-electron chi connectivity index (χ3n) is 2.73. The van der Waals surface area contributed by atoms with Crippen LogP contribution in [0.1, 0.15) is 15.9 Å². The Hall–Kier alpha value is -1.56. The Morgan fingerprint density at radius 2 is 2.00 bits per heavy atom. The number of nitrogens with one attached hydrogen (secondary N) is 1. The number of aryl methyl sites for hydroxylation is 1. The molecule has 1 N–H and O–H groups in total. The molecule has 0 aliphatic rings. The van der Waals surface area contributed by atoms with Gasteiger partial charge in [0.2, 0.25) is 0 Å². The molecule has 0 saturated heterocycles. The van der Waals surface area contributed by atoms with Gasteiger partial charge in [-0.1, -0.05) is 18.2 Å². The van der Waals surface area contributed by atoms with E-state index in [1.54, 1.807) is 6.07 Å². The Kier molecular flexibility index (Phi) is 5.40. The van der Waals surface area contributed by atoms with Gasteiger partial charge in [0.05, 0.1) is 6.54 Å². The van der Waals surface area contributed by atoms with Crippen molar-refractivity contribution >= 4 is 28.5 Å². The lowest BCUT2D eigenvalue weighted by molar-refractivity contribution is 0.0947.